The first-order valence-electron chi connectivity index (χ1n) is 13.7. The Morgan fingerprint density at radius 3 is 2.32 bits per heavy atom. The molecule has 12 heteroatoms. The van der Waals surface area contributed by atoms with Crippen LogP contribution in [-0.2, 0) is 33.1 Å². The summed E-state index contributed by atoms with van der Waals surface area (Å²) in [6, 6.07) is 8.16. The maximum atomic E-state index is 14.7. The van der Waals surface area contributed by atoms with Gasteiger partial charge in [-0.15, -0.1) is 0 Å². The molecule has 1 heterocycles. The van der Waals surface area contributed by atoms with E-state index in [4.69, 9.17) is 39.6 Å². The van der Waals surface area contributed by atoms with Gasteiger partial charge in [0, 0.05) is 31.1 Å². The van der Waals surface area contributed by atoms with E-state index < -0.39 is 76.0 Å². The van der Waals surface area contributed by atoms with Crippen molar-refractivity contribution < 1.29 is 48.1 Å². The number of ether oxygens (including phenoxy) is 3. The number of Topliss-reactive ketones (excluding diaryl/α,β-unsaturated/α-hetero) is 1. The zero-order valence-corrected chi connectivity index (χ0v) is 23.8. The summed E-state index contributed by atoms with van der Waals surface area (Å²) < 4.78 is 28.7. The van der Waals surface area contributed by atoms with E-state index in [0.29, 0.717) is 0 Å². The summed E-state index contributed by atoms with van der Waals surface area (Å²) in [5.41, 5.74) is -6.15. The molecule has 41 heavy (non-hydrogen) atoms. The second kappa shape index (κ2) is 9.97. The number of rotatable bonds is 5. The normalized spacial score (nSPS) is 41.1. The van der Waals surface area contributed by atoms with E-state index in [9.17, 15) is 24.6 Å². The summed E-state index contributed by atoms with van der Waals surface area (Å²) in [7, 11) is 11.5. The lowest BCUT2D eigenvalue weighted by Gasteiger charge is -2.67. The van der Waals surface area contributed by atoms with Crippen molar-refractivity contribution in [2.24, 2.45) is 22.7 Å². The third kappa shape index (κ3) is 3.97. The monoisotopic (exact) mass is 564 g/mol. The van der Waals surface area contributed by atoms with Gasteiger partial charge in [-0.25, -0.2) is 4.79 Å². The fraction of sp³-hybridized carbons (Fsp3) is 0.621. The van der Waals surface area contributed by atoms with Crippen molar-refractivity contribution in [3.8, 4) is 0 Å². The van der Waals surface area contributed by atoms with Crippen LogP contribution in [0.25, 0.3) is 0 Å². The van der Waals surface area contributed by atoms with Gasteiger partial charge in [0.1, 0.15) is 23.6 Å². The molecule has 10 nitrogen and oxygen atoms in total. The van der Waals surface area contributed by atoms with Gasteiger partial charge in [-0.1, -0.05) is 39.0 Å². The fourth-order valence-corrected chi connectivity index (χ4v) is 7.94. The molecule has 0 amide bonds. The maximum Gasteiger partial charge on any atom is 0.374 e. The van der Waals surface area contributed by atoms with Gasteiger partial charge in [-0.3, -0.25) is 9.59 Å². The van der Waals surface area contributed by atoms with Crippen LogP contribution in [0.2, 0.25) is 0 Å². The van der Waals surface area contributed by atoms with Crippen molar-refractivity contribution in [2.75, 3.05) is 6.61 Å². The number of hydrogen-bond donors (Lipinski definition) is 2. The largest absolute Gasteiger partial charge is 0.565 e. The Morgan fingerprint density at radius 2 is 1.78 bits per heavy atom. The lowest BCUT2D eigenvalue weighted by Crippen LogP contribution is -2.81. The second-order valence-electron chi connectivity index (χ2n) is 12.5. The molecule has 1 aromatic rings. The van der Waals surface area contributed by atoms with Crippen molar-refractivity contribution in [2.45, 2.75) is 83.1 Å². The number of esters is 2. The van der Waals surface area contributed by atoms with E-state index in [2.05, 4.69) is 0 Å². The van der Waals surface area contributed by atoms with Gasteiger partial charge < -0.3 is 33.7 Å². The molecule has 9 atom stereocenters. The summed E-state index contributed by atoms with van der Waals surface area (Å²) >= 11 is 0. The van der Waals surface area contributed by atoms with Crippen LogP contribution in [0.5, 0.6) is 0 Å². The van der Waals surface area contributed by atoms with Gasteiger partial charge >= 0.3 is 20.0 Å². The van der Waals surface area contributed by atoms with Crippen molar-refractivity contribution in [1.29, 1.82) is 0 Å². The number of ketones is 1. The smallest absolute Gasteiger partial charge is 0.374 e. The van der Waals surface area contributed by atoms with Crippen molar-refractivity contribution in [1.82, 2.24) is 0 Å². The van der Waals surface area contributed by atoms with Gasteiger partial charge in [0.05, 0.1) is 35.7 Å². The van der Waals surface area contributed by atoms with Gasteiger partial charge in [-0.2, -0.15) is 0 Å². The number of aliphatic hydroxyl groups is 2. The highest BCUT2D eigenvalue weighted by molar-refractivity contribution is 6.07. The van der Waals surface area contributed by atoms with Crippen LogP contribution >= 0.6 is 0 Å². The molecule has 2 bridgehead atoms. The number of benzene rings is 1. The number of carbonyl (C=O) groups excluding carboxylic acids is 3. The molecular weight excluding hydrogens is 530 g/mol. The molecule has 1 saturated heterocycles. The van der Waals surface area contributed by atoms with E-state index in [1.165, 1.54) is 6.92 Å². The zero-order valence-electron chi connectivity index (χ0n) is 23.8. The highest BCUT2D eigenvalue weighted by Gasteiger charge is 2.77. The highest BCUT2D eigenvalue weighted by atomic mass is 16.6. The highest BCUT2D eigenvalue weighted by Crippen LogP contribution is 2.65. The Morgan fingerprint density at radius 1 is 1.12 bits per heavy atom. The Hall–Kier alpha value is -2.66. The van der Waals surface area contributed by atoms with E-state index in [1.54, 1.807) is 58.0 Å². The number of carbonyl (C=O) groups is 3. The Bertz CT molecular complexity index is 1280. The van der Waals surface area contributed by atoms with Crippen LogP contribution < -0.4 is 0 Å². The summed E-state index contributed by atoms with van der Waals surface area (Å²) in [6.45, 7) is 7.69. The molecule has 5 rings (SSSR count). The van der Waals surface area contributed by atoms with Crippen LogP contribution in [0.15, 0.2) is 41.7 Å². The topological polar surface area (TPSA) is 138 Å². The molecular formula is C29H34B2O10. The van der Waals surface area contributed by atoms with Crippen LogP contribution in [0.1, 0.15) is 57.8 Å². The summed E-state index contributed by atoms with van der Waals surface area (Å²) in [5, 5.41) is 24.1. The molecule has 3 fully saturated rings. The molecule has 1 unspecified atom stereocenters. The maximum absolute atomic E-state index is 14.7. The van der Waals surface area contributed by atoms with Gasteiger partial charge in [0.25, 0.3) is 8.05 Å². The van der Waals surface area contributed by atoms with Crippen molar-refractivity contribution in [3.63, 3.8) is 0 Å². The molecule has 0 aromatic heterocycles. The Labute approximate surface area is 241 Å². The minimum Gasteiger partial charge on any atom is -0.565 e. The lowest BCUT2D eigenvalue weighted by molar-refractivity contribution is -0.343. The molecule has 1 aromatic carbocycles. The SMILES string of the molecule is [B]OC1=C2C(C)[C@@H](O)C[C@@](O)([C@@H](OC(=O)c3ccccc3)[C@@H]3[C@]4(OC(C)=O)CO[C@@H]4C[C@H](O[B])[C@@]3(C)C1=O)C2(C)C. The summed E-state index contributed by atoms with van der Waals surface area (Å²) in [5.74, 6) is -4.29. The first-order valence-corrected chi connectivity index (χ1v) is 13.7. The van der Waals surface area contributed by atoms with E-state index >= 15 is 0 Å². The molecule has 2 saturated carbocycles. The Balaban J connectivity index is 1.86. The minimum atomic E-state index is -2.03. The molecule has 1 aliphatic heterocycles. The van der Waals surface area contributed by atoms with Gasteiger partial charge in [0.2, 0.25) is 5.78 Å². The minimum absolute atomic E-state index is 0.0507. The van der Waals surface area contributed by atoms with Crippen LogP contribution in [0.3, 0.4) is 0 Å². The number of allylic oxidation sites excluding steroid dienone is 1. The number of aliphatic hydroxyl groups excluding tert-OH is 1. The van der Waals surface area contributed by atoms with E-state index in [-0.39, 0.29) is 36.3 Å². The summed E-state index contributed by atoms with van der Waals surface area (Å²) in [4.78, 5) is 41.0. The van der Waals surface area contributed by atoms with Crippen LogP contribution in [-0.4, -0.2) is 86.3 Å². The predicted molar refractivity (Wildman–Crippen MR) is 144 cm³/mol. The molecule has 4 aliphatic rings. The Kier molecular flexibility index (Phi) is 7.25. The van der Waals surface area contributed by atoms with Crippen molar-refractivity contribution in [3.05, 3.63) is 47.2 Å². The fourth-order valence-electron chi connectivity index (χ4n) is 7.94. The van der Waals surface area contributed by atoms with Crippen LogP contribution in [0.4, 0.5) is 0 Å². The summed E-state index contributed by atoms with van der Waals surface area (Å²) in [6.07, 6.45) is -4.75. The lowest BCUT2D eigenvalue weighted by atomic mass is 9.45. The predicted octanol–water partition coefficient (Wildman–Crippen LogP) is 1.50. The zero-order chi connectivity index (χ0) is 30.1. The molecule has 2 N–H and O–H groups in total. The van der Waals surface area contributed by atoms with E-state index in [1.807, 2.05) is 0 Å². The third-order valence-corrected chi connectivity index (χ3v) is 10.2. The van der Waals surface area contributed by atoms with Crippen LogP contribution in [0, 0.1) is 22.7 Å². The number of fused-ring (bicyclic) bond motifs is 5. The molecule has 4 radical (unpaired) electrons. The molecule has 3 aliphatic carbocycles. The standard InChI is InChI=1S/C29H34B2O10/c1-14-17(33)12-29(36)24(38-25(35)16-9-7-6-8-10-16)22-27(5,23(34)21(41-31)20(14)26(29,3)4)18(40-30)11-19-28(22,13-37-19)39-15(2)32/h6-10,14,17-19,22,24,33,36H,11-13H2,1-5H3/t14?,17-,18-,19+,22-,24-,27+,28-,29+/m0/s1. The quantitative estimate of drug-likeness (QED) is 0.400. The molecule has 0 spiro atoms. The van der Waals surface area contributed by atoms with Gasteiger partial charge in [0.15, 0.2) is 5.60 Å². The first-order chi connectivity index (χ1) is 19.2. The molecule has 216 valence electrons. The first kappa shape index (κ1) is 29.8. The average Bonchev–Trinajstić information content (AvgIpc) is 2.91. The third-order valence-electron chi connectivity index (χ3n) is 10.2. The second-order valence-corrected chi connectivity index (χ2v) is 12.5. The number of hydrogen-bond acceptors (Lipinski definition) is 10. The average molecular weight is 564 g/mol. The van der Waals surface area contributed by atoms with E-state index in [0.717, 1.165) is 0 Å². The van der Waals surface area contributed by atoms with Gasteiger partial charge in [-0.05, 0) is 24.6 Å². The van der Waals surface area contributed by atoms with Crippen molar-refractivity contribution >= 4 is 33.8 Å².